The number of nitrogens with one attached hydrogen (secondary N) is 1. The van der Waals surface area contributed by atoms with Gasteiger partial charge in [0.1, 0.15) is 5.69 Å². The van der Waals surface area contributed by atoms with Crippen LogP contribution in [-0.4, -0.2) is 43.8 Å². The summed E-state index contributed by atoms with van der Waals surface area (Å²) in [5, 5.41) is 7.66. The molecule has 6 nitrogen and oxygen atoms in total. The monoisotopic (exact) mass is 293 g/mol. The molecule has 0 bridgehead atoms. The molecule has 1 aliphatic heterocycles. The van der Waals surface area contributed by atoms with Crippen molar-refractivity contribution in [3.05, 3.63) is 18.4 Å². The summed E-state index contributed by atoms with van der Waals surface area (Å²) in [5.41, 5.74) is 0.878. The molecule has 1 saturated heterocycles. The maximum Gasteiger partial charge on any atom is 0.232 e. The molecular weight excluding hydrogens is 274 g/mol. The predicted octanol–water partition coefficient (Wildman–Crippen LogP) is 1.67. The topological polar surface area (TPSA) is 68.8 Å². The number of thioether (sulfide) groups is 1. The second-order valence-corrected chi connectivity index (χ2v) is 6.13. The maximum atomic E-state index is 5.48. The van der Waals surface area contributed by atoms with E-state index in [1.165, 1.54) is 0 Å². The van der Waals surface area contributed by atoms with E-state index in [0.717, 1.165) is 36.1 Å². The molecule has 0 radical (unpaired) electrons. The third kappa shape index (κ3) is 2.60. The Balaban J connectivity index is 1.78. The lowest BCUT2D eigenvalue weighted by Crippen LogP contribution is -2.34. The number of nitrogens with zero attached hydrogens (tertiary/aromatic N) is 4. The van der Waals surface area contributed by atoms with Crippen molar-refractivity contribution in [2.75, 3.05) is 18.1 Å². The van der Waals surface area contributed by atoms with Crippen LogP contribution in [-0.2, 0) is 7.05 Å². The first kappa shape index (κ1) is 13.6. The van der Waals surface area contributed by atoms with E-state index in [4.69, 9.17) is 4.52 Å². The molecule has 2 aromatic rings. The summed E-state index contributed by atoms with van der Waals surface area (Å²) in [6.07, 6.45) is 4.63. The fourth-order valence-electron chi connectivity index (χ4n) is 2.39. The highest BCUT2D eigenvalue weighted by Crippen LogP contribution is 2.32. The summed E-state index contributed by atoms with van der Waals surface area (Å²) in [7, 11) is 1.93. The second-order valence-electron chi connectivity index (χ2n) is 5.05. The quantitative estimate of drug-likeness (QED) is 0.904. The van der Waals surface area contributed by atoms with Gasteiger partial charge in [0, 0.05) is 24.6 Å². The molecular formula is C13H19N5OS. The van der Waals surface area contributed by atoms with E-state index in [0.29, 0.717) is 17.8 Å². The number of aryl methyl sites for hydroxylation is 1. The molecule has 2 unspecified atom stereocenters. The van der Waals surface area contributed by atoms with Crippen molar-refractivity contribution in [3.63, 3.8) is 0 Å². The van der Waals surface area contributed by atoms with Crippen LogP contribution in [0.15, 0.2) is 17.0 Å². The van der Waals surface area contributed by atoms with Gasteiger partial charge >= 0.3 is 0 Å². The molecule has 3 heterocycles. The molecule has 0 spiro atoms. The highest BCUT2D eigenvalue weighted by molar-refractivity contribution is 7.99. The van der Waals surface area contributed by atoms with Crippen LogP contribution < -0.4 is 5.32 Å². The lowest BCUT2D eigenvalue weighted by molar-refractivity contribution is 0.339. The van der Waals surface area contributed by atoms with Crippen LogP contribution in [0.4, 0.5) is 0 Å². The normalized spacial score (nSPS) is 22.5. The van der Waals surface area contributed by atoms with Gasteiger partial charge in [-0.3, -0.25) is 0 Å². The lowest BCUT2D eigenvalue weighted by Gasteiger charge is -2.16. The first-order valence-corrected chi connectivity index (χ1v) is 8.06. The van der Waals surface area contributed by atoms with E-state index < -0.39 is 0 Å². The molecule has 1 fully saturated rings. The molecule has 1 N–H and O–H groups in total. The number of rotatable bonds is 5. The van der Waals surface area contributed by atoms with Gasteiger partial charge in [-0.15, -0.1) is 0 Å². The SMILES string of the molecule is CCCNC1CSCC1c1nc(-c2cncn2C)no1. The van der Waals surface area contributed by atoms with Crippen LogP contribution in [0.2, 0.25) is 0 Å². The lowest BCUT2D eigenvalue weighted by atomic mass is 10.0. The molecule has 0 amide bonds. The summed E-state index contributed by atoms with van der Waals surface area (Å²) in [6.45, 7) is 3.21. The molecule has 0 aromatic carbocycles. The van der Waals surface area contributed by atoms with Gasteiger partial charge in [-0.1, -0.05) is 12.1 Å². The largest absolute Gasteiger partial charge is 0.339 e. The zero-order valence-electron chi connectivity index (χ0n) is 11.7. The van der Waals surface area contributed by atoms with Crippen molar-refractivity contribution in [1.29, 1.82) is 0 Å². The average Bonchev–Trinajstić information content (AvgIpc) is 3.15. The molecule has 108 valence electrons. The third-order valence-corrected chi connectivity index (χ3v) is 4.73. The maximum absolute atomic E-state index is 5.48. The zero-order chi connectivity index (χ0) is 13.9. The van der Waals surface area contributed by atoms with Gasteiger partial charge in [0.2, 0.25) is 11.7 Å². The molecule has 2 atom stereocenters. The van der Waals surface area contributed by atoms with E-state index in [-0.39, 0.29) is 0 Å². The Morgan fingerprint density at radius 2 is 2.40 bits per heavy atom. The third-order valence-electron chi connectivity index (χ3n) is 3.54. The number of aromatic nitrogens is 4. The van der Waals surface area contributed by atoms with Crippen LogP contribution >= 0.6 is 11.8 Å². The fourth-order valence-corrected chi connectivity index (χ4v) is 3.76. The summed E-state index contributed by atoms with van der Waals surface area (Å²) >= 11 is 1.94. The Morgan fingerprint density at radius 3 is 3.15 bits per heavy atom. The van der Waals surface area contributed by atoms with Crippen molar-refractivity contribution in [2.24, 2.45) is 7.05 Å². The number of hydrogen-bond acceptors (Lipinski definition) is 6. The molecule has 7 heteroatoms. The Morgan fingerprint density at radius 1 is 1.50 bits per heavy atom. The minimum atomic E-state index is 0.307. The number of hydrogen-bond donors (Lipinski definition) is 1. The van der Waals surface area contributed by atoms with Crippen LogP contribution in [0.1, 0.15) is 25.2 Å². The standard InChI is InChI=1S/C13H19N5OS/c1-3-4-15-10-7-20-6-9(10)13-16-12(17-19-13)11-5-14-8-18(11)2/h5,8-10,15H,3-4,6-7H2,1-2H3. The van der Waals surface area contributed by atoms with Crippen molar-refractivity contribution < 1.29 is 4.52 Å². The van der Waals surface area contributed by atoms with Crippen LogP contribution in [0.25, 0.3) is 11.5 Å². The second kappa shape index (κ2) is 5.97. The van der Waals surface area contributed by atoms with Crippen molar-refractivity contribution in [2.45, 2.75) is 25.3 Å². The minimum absolute atomic E-state index is 0.307. The van der Waals surface area contributed by atoms with Gasteiger partial charge in [-0.25, -0.2) is 4.98 Å². The number of imidazole rings is 1. The van der Waals surface area contributed by atoms with E-state index in [9.17, 15) is 0 Å². The highest BCUT2D eigenvalue weighted by atomic mass is 32.2. The summed E-state index contributed by atoms with van der Waals surface area (Å²) in [6, 6.07) is 0.430. The van der Waals surface area contributed by atoms with Gasteiger partial charge in [-0.05, 0) is 13.0 Å². The summed E-state index contributed by atoms with van der Waals surface area (Å²) < 4.78 is 7.38. The summed E-state index contributed by atoms with van der Waals surface area (Å²) in [4.78, 5) is 8.65. The molecule has 20 heavy (non-hydrogen) atoms. The van der Waals surface area contributed by atoms with E-state index in [1.807, 2.05) is 23.4 Å². The fraction of sp³-hybridized carbons (Fsp3) is 0.615. The Bertz CT molecular complexity index is 567. The van der Waals surface area contributed by atoms with Crippen LogP contribution in [0, 0.1) is 0 Å². The minimum Gasteiger partial charge on any atom is -0.339 e. The zero-order valence-corrected chi connectivity index (χ0v) is 12.6. The summed E-state index contributed by atoms with van der Waals surface area (Å²) in [5.74, 6) is 3.80. The van der Waals surface area contributed by atoms with E-state index in [1.54, 1.807) is 12.5 Å². The van der Waals surface area contributed by atoms with Crippen molar-refractivity contribution in [3.8, 4) is 11.5 Å². The van der Waals surface area contributed by atoms with Gasteiger partial charge < -0.3 is 14.4 Å². The molecule has 0 saturated carbocycles. The van der Waals surface area contributed by atoms with Crippen LogP contribution in [0.5, 0.6) is 0 Å². The highest BCUT2D eigenvalue weighted by Gasteiger charge is 2.33. The predicted molar refractivity (Wildman–Crippen MR) is 78.6 cm³/mol. The van der Waals surface area contributed by atoms with Gasteiger partial charge in [0.05, 0.1) is 18.4 Å². The van der Waals surface area contributed by atoms with Crippen LogP contribution in [0.3, 0.4) is 0 Å². The Labute approximate surface area is 122 Å². The first-order valence-electron chi connectivity index (χ1n) is 6.91. The van der Waals surface area contributed by atoms with Crippen molar-refractivity contribution >= 4 is 11.8 Å². The first-order chi connectivity index (χ1) is 9.79. The van der Waals surface area contributed by atoms with Crippen molar-refractivity contribution in [1.82, 2.24) is 25.0 Å². The Hall–Kier alpha value is -1.34. The smallest absolute Gasteiger partial charge is 0.232 e. The van der Waals surface area contributed by atoms with Gasteiger partial charge in [0.25, 0.3) is 0 Å². The average molecular weight is 293 g/mol. The van der Waals surface area contributed by atoms with Gasteiger partial charge in [0.15, 0.2) is 0 Å². The molecule has 0 aliphatic carbocycles. The van der Waals surface area contributed by atoms with Gasteiger partial charge in [-0.2, -0.15) is 16.7 Å². The van der Waals surface area contributed by atoms with E-state index in [2.05, 4.69) is 27.4 Å². The molecule has 2 aromatic heterocycles. The molecule has 1 aliphatic rings. The van der Waals surface area contributed by atoms with E-state index >= 15 is 0 Å². The molecule has 3 rings (SSSR count). The Kier molecular flexibility index (Phi) is 4.07.